The molecule has 0 fully saturated rings. The van der Waals surface area contributed by atoms with E-state index < -0.39 is 40.8 Å². The van der Waals surface area contributed by atoms with Crippen LogP contribution < -0.4 is 24.4 Å². The minimum absolute atomic E-state index is 0.0530. The average molecular weight is 773 g/mol. The number of carbonyl (C=O) groups excluding carboxylic acids is 1. The molecule has 1 aliphatic rings. The Bertz CT molecular complexity index is 1990. The van der Waals surface area contributed by atoms with Gasteiger partial charge in [0.2, 0.25) is 0 Å². The largest absolute Gasteiger partial charge is 0.493 e. The minimum atomic E-state index is -5.02. The molecule has 0 unspecified atom stereocenters. The predicted octanol–water partition coefficient (Wildman–Crippen LogP) is 6.33. The van der Waals surface area contributed by atoms with Crippen LogP contribution in [0.4, 0.5) is 17.6 Å². The van der Waals surface area contributed by atoms with E-state index in [0.29, 0.717) is 31.2 Å². The molecule has 2 heterocycles. The summed E-state index contributed by atoms with van der Waals surface area (Å²) in [7, 11) is 1.42. The lowest BCUT2D eigenvalue weighted by Crippen LogP contribution is -2.41. The number of benzene rings is 3. The molecule has 0 spiro atoms. The number of methoxy groups -OCH3 is 1. The second-order valence-electron chi connectivity index (χ2n) is 9.53. The monoisotopic (exact) mass is 772 g/mol. The number of allylic oxidation sites excluding steroid dienone is 1. The highest BCUT2D eigenvalue weighted by Crippen LogP contribution is 2.39. The van der Waals surface area contributed by atoms with Crippen LogP contribution in [0.2, 0.25) is 5.02 Å². The number of carbonyl (C=O) groups is 1. The first-order chi connectivity index (χ1) is 21.4. The van der Waals surface area contributed by atoms with Gasteiger partial charge in [-0.3, -0.25) is 9.36 Å². The van der Waals surface area contributed by atoms with Crippen LogP contribution >= 0.6 is 45.5 Å². The van der Waals surface area contributed by atoms with Crippen molar-refractivity contribution in [2.45, 2.75) is 25.7 Å². The number of halogens is 6. The van der Waals surface area contributed by atoms with Crippen LogP contribution in [0.3, 0.4) is 0 Å². The summed E-state index contributed by atoms with van der Waals surface area (Å²) >= 11 is 8.77. The van der Waals surface area contributed by atoms with Crippen molar-refractivity contribution in [2.24, 2.45) is 4.99 Å². The molecule has 45 heavy (non-hydrogen) atoms. The molecule has 1 atom stereocenters. The number of hydrogen-bond donors (Lipinski definition) is 0. The zero-order valence-electron chi connectivity index (χ0n) is 23.5. The van der Waals surface area contributed by atoms with Gasteiger partial charge in [0, 0.05) is 10.6 Å². The highest BCUT2D eigenvalue weighted by molar-refractivity contribution is 14.1. The van der Waals surface area contributed by atoms with Crippen molar-refractivity contribution in [3.8, 4) is 11.5 Å². The summed E-state index contributed by atoms with van der Waals surface area (Å²) in [4.78, 5) is 30.4. The minimum Gasteiger partial charge on any atom is -0.493 e. The number of alkyl halides is 3. The van der Waals surface area contributed by atoms with Gasteiger partial charge in [-0.05, 0) is 77.0 Å². The van der Waals surface area contributed by atoms with Gasteiger partial charge in [0.1, 0.15) is 12.4 Å². The first-order valence-electron chi connectivity index (χ1n) is 13.2. The molecular formula is C31H22ClF4IN2O5S. The van der Waals surface area contributed by atoms with Gasteiger partial charge in [-0.25, -0.2) is 14.2 Å². The topological polar surface area (TPSA) is 79.1 Å². The second kappa shape index (κ2) is 13.3. The Kier molecular flexibility index (Phi) is 9.70. The standard InChI is InChI=1S/C31H22ClF4IN2O5S/c1-3-43-29(41)24-25(17-8-10-19(32)11-9-17)39-28(40)23(45-30(39)38-27(24)31(34,35)36)14-16-12-21(37)26(22(13-16)42-2)44-15-18-6-4-5-7-20(18)33/h4-14,25H,3,15H2,1-2H3/b23-14-/t25-/m0/s1. The van der Waals surface area contributed by atoms with E-state index in [1.807, 2.05) is 22.6 Å². The van der Waals surface area contributed by atoms with Gasteiger partial charge in [0.15, 0.2) is 22.0 Å². The van der Waals surface area contributed by atoms with Crippen LogP contribution in [-0.2, 0) is 16.1 Å². The number of thiazole rings is 1. The maximum absolute atomic E-state index is 14.3. The fourth-order valence-electron chi connectivity index (χ4n) is 4.68. The third-order valence-corrected chi connectivity index (χ3v) is 8.70. The maximum atomic E-state index is 14.3. The van der Waals surface area contributed by atoms with Crippen molar-refractivity contribution < 1.29 is 36.6 Å². The van der Waals surface area contributed by atoms with Crippen molar-refractivity contribution >= 4 is 57.6 Å². The van der Waals surface area contributed by atoms with E-state index in [-0.39, 0.29) is 28.1 Å². The van der Waals surface area contributed by atoms with Gasteiger partial charge in [-0.1, -0.05) is 53.3 Å². The Balaban J connectivity index is 1.64. The Morgan fingerprint density at radius 1 is 1.16 bits per heavy atom. The van der Waals surface area contributed by atoms with Crippen LogP contribution in [0.25, 0.3) is 6.08 Å². The quantitative estimate of drug-likeness (QED) is 0.119. The fraction of sp³-hybridized carbons (Fsp3) is 0.194. The zero-order valence-corrected chi connectivity index (χ0v) is 27.2. The number of aromatic nitrogens is 1. The normalized spacial score (nSPS) is 15.0. The van der Waals surface area contributed by atoms with Gasteiger partial charge < -0.3 is 14.2 Å². The first kappa shape index (κ1) is 32.7. The maximum Gasteiger partial charge on any atom is 0.434 e. The molecular weight excluding hydrogens is 751 g/mol. The van der Waals surface area contributed by atoms with Crippen LogP contribution in [0.1, 0.15) is 29.7 Å². The third kappa shape index (κ3) is 6.79. The predicted molar refractivity (Wildman–Crippen MR) is 169 cm³/mol. The highest BCUT2D eigenvalue weighted by atomic mass is 127. The molecule has 234 valence electrons. The molecule has 0 saturated carbocycles. The van der Waals surface area contributed by atoms with Crippen LogP contribution in [0.15, 0.2) is 81.7 Å². The first-order valence-corrected chi connectivity index (χ1v) is 15.5. The van der Waals surface area contributed by atoms with Crippen molar-refractivity contribution in [3.05, 3.63) is 123 Å². The van der Waals surface area contributed by atoms with Crippen LogP contribution in [-0.4, -0.2) is 30.4 Å². The summed E-state index contributed by atoms with van der Waals surface area (Å²) in [6.07, 6.45) is -3.54. The number of fused-ring (bicyclic) bond motifs is 1. The lowest BCUT2D eigenvalue weighted by atomic mass is 9.95. The molecule has 0 N–H and O–H groups in total. The summed E-state index contributed by atoms with van der Waals surface area (Å²) in [5, 5.41) is 0.314. The molecule has 4 aromatic rings. The molecule has 3 aromatic carbocycles. The average Bonchev–Trinajstić information content (AvgIpc) is 3.30. The molecule has 0 aliphatic carbocycles. The van der Waals surface area contributed by atoms with Crippen LogP contribution in [0, 0.1) is 9.39 Å². The van der Waals surface area contributed by atoms with E-state index in [2.05, 4.69) is 4.99 Å². The molecule has 0 radical (unpaired) electrons. The Labute approximate surface area is 276 Å². The Morgan fingerprint density at radius 3 is 2.51 bits per heavy atom. The lowest BCUT2D eigenvalue weighted by molar-refractivity contribution is -0.140. The molecule has 0 bridgehead atoms. The molecule has 0 amide bonds. The van der Waals surface area contributed by atoms with Gasteiger partial charge >= 0.3 is 12.1 Å². The Morgan fingerprint density at radius 2 is 1.87 bits per heavy atom. The Hall–Kier alpha value is -3.69. The number of ether oxygens (including phenoxy) is 3. The summed E-state index contributed by atoms with van der Waals surface area (Å²) in [5.74, 6) is -1.03. The molecule has 1 aliphatic heterocycles. The van der Waals surface area contributed by atoms with Crippen molar-refractivity contribution in [2.75, 3.05) is 13.7 Å². The van der Waals surface area contributed by atoms with Crippen molar-refractivity contribution in [1.29, 1.82) is 0 Å². The second-order valence-corrected chi connectivity index (χ2v) is 12.1. The lowest BCUT2D eigenvalue weighted by Gasteiger charge is -2.26. The van der Waals surface area contributed by atoms with Crippen LogP contribution in [0.5, 0.6) is 11.5 Å². The zero-order chi connectivity index (χ0) is 32.5. The van der Waals surface area contributed by atoms with Gasteiger partial charge in [-0.15, -0.1) is 0 Å². The van der Waals surface area contributed by atoms with Gasteiger partial charge in [0.05, 0.1) is 33.4 Å². The molecule has 5 rings (SSSR count). The number of nitrogens with zero attached hydrogens (tertiary/aromatic N) is 2. The van der Waals surface area contributed by atoms with E-state index in [1.165, 1.54) is 50.4 Å². The highest BCUT2D eigenvalue weighted by Gasteiger charge is 2.45. The summed E-state index contributed by atoms with van der Waals surface area (Å²) in [6, 6.07) is 13.7. The number of esters is 1. The molecule has 1 aromatic heterocycles. The van der Waals surface area contributed by atoms with Gasteiger partial charge in [-0.2, -0.15) is 13.2 Å². The van der Waals surface area contributed by atoms with E-state index in [0.717, 1.165) is 15.9 Å². The van der Waals surface area contributed by atoms with E-state index in [4.69, 9.17) is 25.8 Å². The molecule has 14 heteroatoms. The summed E-state index contributed by atoms with van der Waals surface area (Å²) in [6.45, 7) is 1.21. The molecule has 0 saturated heterocycles. The van der Waals surface area contributed by atoms with Crippen molar-refractivity contribution in [1.82, 2.24) is 4.57 Å². The summed E-state index contributed by atoms with van der Waals surface area (Å²) < 4.78 is 75.1. The third-order valence-electron chi connectivity index (χ3n) is 6.66. The fourth-order valence-corrected chi connectivity index (χ4v) is 6.59. The van der Waals surface area contributed by atoms with E-state index in [9.17, 15) is 27.2 Å². The number of hydrogen-bond acceptors (Lipinski definition) is 7. The van der Waals surface area contributed by atoms with Gasteiger partial charge in [0.25, 0.3) is 5.56 Å². The molecule has 7 nitrogen and oxygen atoms in total. The van der Waals surface area contributed by atoms with E-state index in [1.54, 1.807) is 30.3 Å². The number of rotatable bonds is 8. The van der Waals surface area contributed by atoms with E-state index >= 15 is 0 Å². The van der Waals surface area contributed by atoms with Crippen molar-refractivity contribution in [3.63, 3.8) is 0 Å². The smallest absolute Gasteiger partial charge is 0.434 e. The SMILES string of the molecule is CCOC(=O)C1=C(C(F)(F)F)N=c2s/c(=C\c3cc(I)c(OCc4ccccc4F)c(OC)c3)c(=O)n2[C@H]1c1ccc(Cl)cc1. The summed E-state index contributed by atoms with van der Waals surface area (Å²) in [5.41, 5.74) is -1.89.